The number of hydrogen-bond acceptors (Lipinski definition) is 16. The third kappa shape index (κ3) is 13.4. The van der Waals surface area contributed by atoms with E-state index in [9.17, 15) is 29.6 Å². The number of methoxy groups -OCH3 is 1. The summed E-state index contributed by atoms with van der Waals surface area (Å²) in [6, 6.07) is 4.89. The number of carbonyl (C=O) groups excluding carboxylic acids is 1. The second kappa shape index (κ2) is 23.2. The van der Waals surface area contributed by atoms with Gasteiger partial charge < -0.3 is 73.6 Å². The molecule has 0 spiro atoms. The molecule has 3 aliphatic heterocycles. The van der Waals surface area contributed by atoms with Gasteiger partial charge in [-0.3, -0.25) is 4.79 Å². The van der Waals surface area contributed by atoms with Gasteiger partial charge in [0.1, 0.15) is 40.6 Å². The highest BCUT2D eigenvalue weighted by atomic mass is 19.1. The van der Waals surface area contributed by atoms with Gasteiger partial charge in [-0.15, -0.1) is 0 Å². The molecule has 18 atom stereocenters. The molecular formula is C49H87FN4O12. The minimum atomic E-state index is -1.84. The van der Waals surface area contributed by atoms with Crippen LogP contribution in [0.15, 0.2) is 24.3 Å². The van der Waals surface area contributed by atoms with Gasteiger partial charge in [0.05, 0.1) is 42.0 Å². The van der Waals surface area contributed by atoms with Crippen LogP contribution in [0.3, 0.4) is 0 Å². The number of ether oxygens (including phenoxy) is 7. The lowest BCUT2D eigenvalue weighted by atomic mass is 9.75. The molecule has 1 aromatic carbocycles. The van der Waals surface area contributed by atoms with Crippen LogP contribution >= 0.6 is 0 Å². The zero-order chi connectivity index (χ0) is 49.7. The van der Waals surface area contributed by atoms with E-state index in [0.29, 0.717) is 25.3 Å². The highest BCUT2D eigenvalue weighted by Gasteiger charge is 2.59. The monoisotopic (exact) mass is 943 g/mol. The van der Waals surface area contributed by atoms with Gasteiger partial charge in [0.15, 0.2) is 18.7 Å². The molecule has 5 N–H and O–H groups in total. The van der Waals surface area contributed by atoms with Crippen molar-refractivity contribution in [2.24, 2.45) is 17.8 Å². The molecule has 382 valence electrons. The Morgan fingerprint density at radius 1 is 0.894 bits per heavy atom. The van der Waals surface area contributed by atoms with Gasteiger partial charge in [0.2, 0.25) is 0 Å². The molecule has 4 rings (SSSR count). The standard InChI is InChI=1S/C49H87FN4O12/c1-17-38-48(10,58)42(55)33(6)51-27-29(2)25-46(8,57)43(66-45-41(37(53(13)14)24-30(3)61-45)63-36-20-18-35(50)19-21-36)31(4)40(32(5)44(56)64-38)65-39-26-47(9,60-16)49(59,34(7)62-39)28-54(15)23-22-52(11)12/h18-21,29-34,37-43,45,51,55,57-59H,17,22-28H2,1-16H3/t29-,30-,31+,32-,33-,34+,37+,38-,39+,40+,41-,42-,43-,45+,46-,47-,48-,49+/m1/s1. The fraction of sp³-hybridized carbons (Fsp3) is 0.857. The number of cyclic esters (lactones) is 1. The van der Waals surface area contributed by atoms with Crippen LogP contribution in [0.5, 0.6) is 5.75 Å². The number of carbonyl (C=O) groups is 1. The van der Waals surface area contributed by atoms with E-state index in [0.717, 1.165) is 6.54 Å². The maximum Gasteiger partial charge on any atom is 0.311 e. The Labute approximate surface area is 394 Å². The number of rotatable bonds is 14. The van der Waals surface area contributed by atoms with Crippen LogP contribution in [0.2, 0.25) is 0 Å². The molecule has 3 fully saturated rings. The lowest BCUT2D eigenvalue weighted by molar-refractivity contribution is -0.338. The van der Waals surface area contributed by atoms with Crippen molar-refractivity contribution in [1.29, 1.82) is 0 Å². The van der Waals surface area contributed by atoms with Crippen molar-refractivity contribution in [1.82, 2.24) is 20.0 Å². The zero-order valence-electron chi connectivity index (χ0n) is 42.8. The van der Waals surface area contributed by atoms with Gasteiger partial charge >= 0.3 is 5.97 Å². The molecule has 3 aliphatic rings. The van der Waals surface area contributed by atoms with E-state index in [2.05, 4.69) is 10.2 Å². The molecule has 0 amide bonds. The summed E-state index contributed by atoms with van der Waals surface area (Å²) >= 11 is 0. The van der Waals surface area contributed by atoms with Gasteiger partial charge in [-0.05, 0) is 140 Å². The summed E-state index contributed by atoms with van der Waals surface area (Å²) in [4.78, 5) is 20.8. The number of aliphatic hydroxyl groups is 4. The summed E-state index contributed by atoms with van der Waals surface area (Å²) in [6.07, 6.45) is -7.53. The molecule has 0 radical (unpaired) electrons. The predicted molar refractivity (Wildman–Crippen MR) is 249 cm³/mol. The van der Waals surface area contributed by atoms with Crippen LogP contribution in [0.4, 0.5) is 4.39 Å². The maximum atomic E-state index is 14.6. The minimum Gasteiger partial charge on any atom is -0.483 e. The second-order valence-electron chi connectivity index (χ2n) is 21.1. The molecule has 16 nitrogen and oxygen atoms in total. The normalized spacial score (nSPS) is 42.5. The molecule has 3 heterocycles. The molecular weight excluding hydrogens is 856 g/mol. The first kappa shape index (κ1) is 56.5. The second-order valence-corrected chi connectivity index (χ2v) is 21.1. The SMILES string of the molecule is CC[C@H]1OC(=O)[C@H](C)[C@@H](O[C@H]2C[C@@](C)(OC)[C@](O)(CN(C)CCN(C)C)[C@H](C)O2)[C@H](C)[C@@H](O[C@@H]2O[C@H](C)C[C@H](N(C)C)[C@H]2Oc2ccc(F)cc2)[C@](C)(O)C[C@@H](C)CN[C@H](C)[C@@H](O)[C@]1(C)O. The fourth-order valence-corrected chi connectivity index (χ4v) is 10.4. The molecule has 0 saturated carbocycles. The first-order valence-corrected chi connectivity index (χ1v) is 24.0. The summed E-state index contributed by atoms with van der Waals surface area (Å²) in [5.74, 6) is -2.80. The summed E-state index contributed by atoms with van der Waals surface area (Å²) < 4.78 is 60.3. The van der Waals surface area contributed by atoms with Crippen LogP contribution in [0, 0.1) is 23.6 Å². The first-order chi connectivity index (χ1) is 30.6. The third-order valence-electron chi connectivity index (χ3n) is 14.7. The topological polar surface area (TPSA) is 184 Å². The van der Waals surface area contributed by atoms with E-state index in [1.54, 1.807) is 53.9 Å². The summed E-state index contributed by atoms with van der Waals surface area (Å²) in [6.45, 7) is 19.8. The van der Waals surface area contributed by atoms with E-state index in [-0.39, 0.29) is 43.9 Å². The summed E-state index contributed by atoms with van der Waals surface area (Å²) in [5, 5.41) is 52.1. The van der Waals surface area contributed by atoms with Crippen LogP contribution < -0.4 is 10.1 Å². The molecule has 66 heavy (non-hydrogen) atoms. The highest BCUT2D eigenvalue weighted by Crippen LogP contribution is 2.44. The number of nitrogens with one attached hydrogen (secondary N) is 1. The van der Waals surface area contributed by atoms with E-state index < -0.39 is 101 Å². The lowest BCUT2D eigenvalue weighted by Gasteiger charge is -2.54. The predicted octanol–water partition coefficient (Wildman–Crippen LogP) is 3.65. The molecule has 3 saturated heterocycles. The van der Waals surface area contributed by atoms with Crippen molar-refractivity contribution in [2.45, 2.75) is 185 Å². The van der Waals surface area contributed by atoms with Crippen molar-refractivity contribution in [3.63, 3.8) is 0 Å². The zero-order valence-corrected chi connectivity index (χ0v) is 42.8. The van der Waals surface area contributed by atoms with E-state index in [4.69, 9.17) is 33.2 Å². The molecule has 0 unspecified atom stereocenters. The number of nitrogens with zero attached hydrogens (tertiary/aromatic N) is 3. The van der Waals surface area contributed by atoms with Crippen molar-refractivity contribution in [3.8, 4) is 5.75 Å². The van der Waals surface area contributed by atoms with Gasteiger partial charge in [-0.25, -0.2) is 4.39 Å². The van der Waals surface area contributed by atoms with Crippen molar-refractivity contribution < 1.29 is 62.8 Å². The number of esters is 1. The summed E-state index contributed by atoms with van der Waals surface area (Å²) in [5.41, 5.74) is -6.13. The Morgan fingerprint density at radius 3 is 2.11 bits per heavy atom. The van der Waals surface area contributed by atoms with E-state index >= 15 is 0 Å². The Bertz CT molecular complexity index is 1660. The van der Waals surface area contributed by atoms with Crippen LogP contribution in [-0.2, 0) is 33.2 Å². The fourth-order valence-electron chi connectivity index (χ4n) is 10.4. The van der Waals surface area contributed by atoms with Gasteiger partial charge in [0, 0.05) is 45.1 Å². The van der Waals surface area contributed by atoms with Crippen LogP contribution in [0.1, 0.15) is 94.9 Å². The largest absolute Gasteiger partial charge is 0.483 e. The Kier molecular flexibility index (Phi) is 19.9. The third-order valence-corrected chi connectivity index (χ3v) is 14.7. The number of aliphatic hydroxyl groups excluding tert-OH is 1. The van der Waals surface area contributed by atoms with Gasteiger partial charge in [-0.2, -0.15) is 0 Å². The molecule has 0 bridgehead atoms. The van der Waals surface area contributed by atoms with Gasteiger partial charge in [-0.1, -0.05) is 20.8 Å². The number of halogens is 1. The van der Waals surface area contributed by atoms with Crippen molar-refractivity contribution in [3.05, 3.63) is 30.1 Å². The molecule has 0 aliphatic carbocycles. The molecule has 1 aromatic rings. The average molecular weight is 943 g/mol. The highest BCUT2D eigenvalue weighted by molar-refractivity contribution is 5.73. The Balaban J connectivity index is 1.85. The van der Waals surface area contributed by atoms with Crippen LogP contribution in [-0.4, -0.2) is 199 Å². The number of likely N-dealkylation sites (N-methyl/N-ethyl adjacent to an activating group) is 3. The van der Waals surface area contributed by atoms with E-state index in [1.807, 2.05) is 72.7 Å². The molecule has 17 heteroatoms. The summed E-state index contributed by atoms with van der Waals surface area (Å²) in [7, 11) is 11.4. The van der Waals surface area contributed by atoms with Crippen LogP contribution in [0.25, 0.3) is 0 Å². The lowest BCUT2D eigenvalue weighted by Crippen LogP contribution is -2.70. The number of hydrogen-bond donors (Lipinski definition) is 5. The molecule has 0 aromatic heterocycles. The average Bonchev–Trinajstić information content (AvgIpc) is 3.24. The Morgan fingerprint density at radius 2 is 1.53 bits per heavy atom. The van der Waals surface area contributed by atoms with E-state index in [1.165, 1.54) is 19.1 Å². The first-order valence-electron chi connectivity index (χ1n) is 24.0. The quantitative estimate of drug-likeness (QED) is 0.170. The van der Waals surface area contributed by atoms with Crippen molar-refractivity contribution in [2.75, 3.05) is 68.5 Å². The van der Waals surface area contributed by atoms with Gasteiger partial charge in [0.25, 0.3) is 0 Å². The van der Waals surface area contributed by atoms with Crippen molar-refractivity contribution >= 4 is 5.97 Å². The maximum absolute atomic E-state index is 14.6. The minimum absolute atomic E-state index is 0.0686. The smallest absolute Gasteiger partial charge is 0.311 e. The Hall–Kier alpha value is -2.10. The number of benzene rings is 1.